The molecule has 0 bridgehead atoms. The minimum absolute atomic E-state index is 0.138. The van der Waals surface area contributed by atoms with Gasteiger partial charge in [0.2, 0.25) is 0 Å². The van der Waals surface area contributed by atoms with Gasteiger partial charge in [0, 0.05) is 12.8 Å². The number of esters is 2. The first kappa shape index (κ1) is 52.9. The van der Waals surface area contributed by atoms with Gasteiger partial charge in [0.05, 0.1) is 13.2 Å². The first-order valence-electron chi connectivity index (χ1n) is 21.0. The van der Waals surface area contributed by atoms with E-state index in [0.29, 0.717) is 12.8 Å². The zero-order chi connectivity index (χ0) is 41.4. The van der Waals surface area contributed by atoms with Crippen LogP contribution in [0.4, 0.5) is 0 Å². The van der Waals surface area contributed by atoms with E-state index in [4.69, 9.17) is 24.8 Å². The molecule has 0 aliphatic carbocycles. The summed E-state index contributed by atoms with van der Waals surface area (Å²) < 4.78 is 32.6. The molecule has 0 aliphatic rings. The van der Waals surface area contributed by atoms with Crippen LogP contribution in [0.3, 0.4) is 0 Å². The van der Waals surface area contributed by atoms with Gasteiger partial charge in [-0.3, -0.25) is 23.4 Å². The zero-order valence-electron chi connectivity index (χ0n) is 34.4. The summed E-state index contributed by atoms with van der Waals surface area (Å²) in [5.74, 6) is -2.43. The Hall–Kier alpha value is -3.08. The smallest absolute Gasteiger partial charge is 0.472 e. The molecule has 0 rings (SSSR count). The van der Waals surface area contributed by atoms with E-state index in [9.17, 15) is 23.8 Å². The van der Waals surface area contributed by atoms with Gasteiger partial charge in [-0.05, 0) is 77.0 Å². The Kier molecular flexibility index (Phi) is 36.6. The highest BCUT2D eigenvalue weighted by molar-refractivity contribution is 7.47. The highest BCUT2D eigenvalue weighted by atomic mass is 31.2. The lowest BCUT2D eigenvalue weighted by Gasteiger charge is -2.20. The number of carboxylic acids is 1. The fourth-order valence-electron chi connectivity index (χ4n) is 5.15. The van der Waals surface area contributed by atoms with E-state index < -0.39 is 51.1 Å². The monoisotopic (exact) mass is 808 g/mol. The molecule has 0 amide bonds. The molecule has 56 heavy (non-hydrogen) atoms. The Labute approximate surface area is 338 Å². The molecule has 3 unspecified atom stereocenters. The van der Waals surface area contributed by atoms with Crippen LogP contribution in [-0.4, -0.2) is 59.9 Å². The van der Waals surface area contributed by atoms with Crippen LogP contribution in [0.2, 0.25) is 0 Å². The molecule has 320 valence electrons. The number of phosphoric ester groups is 1. The molecule has 4 N–H and O–H groups in total. The zero-order valence-corrected chi connectivity index (χ0v) is 35.3. The molecule has 0 fully saturated rings. The van der Waals surface area contributed by atoms with Gasteiger partial charge in [0.1, 0.15) is 12.6 Å². The molecular weight excluding hydrogens is 733 g/mol. The number of carboxylic acid groups (broad SMARTS) is 1. The minimum atomic E-state index is -4.73. The first-order chi connectivity index (χ1) is 27.1. The summed E-state index contributed by atoms with van der Waals surface area (Å²) in [5.41, 5.74) is 5.33. The molecular formula is C44H74NO10P. The molecule has 11 nitrogen and oxygen atoms in total. The molecule has 0 saturated carbocycles. The van der Waals surface area contributed by atoms with Gasteiger partial charge in [0.15, 0.2) is 6.10 Å². The number of allylic oxidation sites excluding steroid dienone is 12. The maximum Gasteiger partial charge on any atom is 0.472 e. The molecule has 3 atom stereocenters. The number of phosphoric acid groups is 1. The van der Waals surface area contributed by atoms with Crippen LogP contribution in [0.25, 0.3) is 0 Å². The summed E-state index contributed by atoms with van der Waals surface area (Å²) in [6.07, 6.45) is 45.3. The topological polar surface area (TPSA) is 172 Å². The van der Waals surface area contributed by atoms with Crippen molar-refractivity contribution in [1.82, 2.24) is 0 Å². The number of nitrogens with two attached hydrogens (primary N) is 1. The fourth-order valence-corrected chi connectivity index (χ4v) is 5.93. The van der Waals surface area contributed by atoms with Crippen molar-refractivity contribution < 1.29 is 47.5 Å². The summed E-state index contributed by atoms with van der Waals surface area (Å²) >= 11 is 0. The predicted octanol–water partition coefficient (Wildman–Crippen LogP) is 10.9. The molecule has 0 heterocycles. The lowest BCUT2D eigenvalue weighted by molar-refractivity contribution is -0.161. The van der Waals surface area contributed by atoms with Crippen molar-refractivity contribution in [2.45, 2.75) is 167 Å². The van der Waals surface area contributed by atoms with Crippen molar-refractivity contribution in [2.75, 3.05) is 19.8 Å². The second-order valence-electron chi connectivity index (χ2n) is 13.7. The lowest BCUT2D eigenvalue weighted by atomic mass is 10.1. The Morgan fingerprint density at radius 1 is 0.571 bits per heavy atom. The van der Waals surface area contributed by atoms with E-state index >= 15 is 0 Å². The summed E-state index contributed by atoms with van der Waals surface area (Å²) in [7, 11) is -4.73. The van der Waals surface area contributed by atoms with Gasteiger partial charge >= 0.3 is 25.7 Å². The van der Waals surface area contributed by atoms with E-state index in [1.807, 2.05) is 0 Å². The van der Waals surface area contributed by atoms with Crippen LogP contribution in [0.5, 0.6) is 0 Å². The fraction of sp³-hybridized carbons (Fsp3) is 0.659. The van der Waals surface area contributed by atoms with Gasteiger partial charge in [-0.15, -0.1) is 0 Å². The van der Waals surface area contributed by atoms with E-state index in [1.54, 1.807) is 0 Å². The molecule has 0 aromatic carbocycles. The van der Waals surface area contributed by atoms with Crippen LogP contribution >= 0.6 is 7.82 Å². The van der Waals surface area contributed by atoms with Crippen molar-refractivity contribution in [3.63, 3.8) is 0 Å². The molecule has 12 heteroatoms. The number of ether oxygens (including phenoxy) is 2. The maximum absolute atomic E-state index is 12.6. The van der Waals surface area contributed by atoms with Gasteiger partial charge in [-0.1, -0.05) is 138 Å². The standard InChI is InChI=1S/C44H74NO10P/c1-3-5-7-9-11-13-15-17-18-19-20-21-22-24-26-28-30-32-34-36-43(47)55-40(38-53-56(50,51)54-39-41(45)44(48)49)37-52-42(46)35-33-31-29-27-25-23-16-14-12-10-8-6-4-2/h5,7-8,10-11,13-14,16-18,20-21,40-41H,3-4,6,9,12,15,19,22-39,45H2,1-2H3,(H,48,49)(H,50,51)/b7-5-,10-8-,13-11-,16-14-,18-17-,21-20-. The number of carbonyl (C=O) groups excluding carboxylic acids is 2. The van der Waals surface area contributed by atoms with E-state index in [1.165, 1.54) is 6.42 Å². The van der Waals surface area contributed by atoms with Crippen LogP contribution in [0.15, 0.2) is 72.9 Å². The quantitative estimate of drug-likeness (QED) is 0.0235. The number of hydrogen-bond donors (Lipinski definition) is 3. The Balaban J connectivity index is 4.43. The second kappa shape index (κ2) is 38.8. The number of hydrogen-bond acceptors (Lipinski definition) is 9. The molecule has 0 aromatic heterocycles. The SMILES string of the molecule is CC/C=C\C/C=C\C/C=C\C/C=C\CCCCCCCCC(=O)OC(COC(=O)CCCCCCC/C=C\C/C=C\CCC)COP(=O)(O)OCC(N)C(=O)O. The van der Waals surface area contributed by atoms with Crippen molar-refractivity contribution in [2.24, 2.45) is 5.73 Å². The lowest BCUT2D eigenvalue weighted by Crippen LogP contribution is -2.34. The van der Waals surface area contributed by atoms with Crippen molar-refractivity contribution in [3.8, 4) is 0 Å². The number of aliphatic carboxylic acids is 1. The summed E-state index contributed by atoms with van der Waals surface area (Å²) in [4.78, 5) is 45.9. The van der Waals surface area contributed by atoms with E-state index in [2.05, 4.69) is 91.3 Å². The average molecular weight is 808 g/mol. The van der Waals surface area contributed by atoms with Gasteiger partial charge in [-0.2, -0.15) is 0 Å². The van der Waals surface area contributed by atoms with Crippen molar-refractivity contribution in [3.05, 3.63) is 72.9 Å². The summed E-state index contributed by atoms with van der Waals surface area (Å²) in [6.45, 7) is 2.58. The molecule has 0 saturated heterocycles. The second-order valence-corrected chi connectivity index (χ2v) is 15.2. The maximum atomic E-state index is 12.6. The van der Waals surface area contributed by atoms with Gasteiger partial charge < -0.3 is 25.2 Å². The van der Waals surface area contributed by atoms with Crippen molar-refractivity contribution >= 4 is 25.7 Å². The van der Waals surface area contributed by atoms with Crippen LogP contribution in [0.1, 0.15) is 155 Å². The Morgan fingerprint density at radius 2 is 1.00 bits per heavy atom. The largest absolute Gasteiger partial charge is 0.480 e. The first-order valence-corrected chi connectivity index (χ1v) is 22.5. The summed E-state index contributed by atoms with van der Waals surface area (Å²) in [6, 6.07) is -1.53. The average Bonchev–Trinajstić information content (AvgIpc) is 3.17. The number of unbranched alkanes of at least 4 members (excludes halogenated alkanes) is 12. The van der Waals surface area contributed by atoms with Crippen LogP contribution in [-0.2, 0) is 37.5 Å². The van der Waals surface area contributed by atoms with E-state index in [-0.39, 0.29) is 19.4 Å². The third-order valence-electron chi connectivity index (χ3n) is 8.42. The van der Waals surface area contributed by atoms with E-state index in [0.717, 1.165) is 109 Å². The van der Waals surface area contributed by atoms with Gasteiger partial charge in [0.25, 0.3) is 0 Å². The highest BCUT2D eigenvalue weighted by Gasteiger charge is 2.28. The normalized spacial score (nSPS) is 14.5. The number of carbonyl (C=O) groups is 3. The Morgan fingerprint density at radius 3 is 1.50 bits per heavy atom. The minimum Gasteiger partial charge on any atom is -0.480 e. The van der Waals surface area contributed by atoms with Gasteiger partial charge in [-0.25, -0.2) is 4.57 Å². The Bertz CT molecular complexity index is 1230. The molecule has 0 radical (unpaired) electrons. The van der Waals surface area contributed by atoms with Crippen LogP contribution < -0.4 is 5.73 Å². The molecule has 0 spiro atoms. The highest BCUT2D eigenvalue weighted by Crippen LogP contribution is 2.43. The van der Waals surface area contributed by atoms with Crippen molar-refractivity contribution in [1.29, 1.82) is 0 Å². The third kappa shape index (κ3) is 37.8. The molecule has 0 aromatic rings. The summed E-state index contributed by atoms with van der Waals surface area (Å²) in [5, 5.41) is 8.88. The van der Waals surface area contributed by atoms with Crippen LogP contribution in [0, 0.1) is 0 Å². The third-order valence-corrected chi connectivity index (χ3v) is 9.37. The predicted molar refractivity (Wildman–Crippen MR) is 226 cm³/mol. The number of rotatable bonds is 38. The molecule has 0 aliphatic heterocycles.